The molecule has 1 saturated heterocycles. The van der Waals surface area contributed by atoms with Crippen LogP contribution in [0.3, 0.4) is 0 Å². The van der Waals surface area contributed by atoms with E-state index in [1.165, 1.54) is 6.07 Å². The van der Waals surface area contributed by atoms with Gasteiger partial charge in [0.15, 0.2) is 0 Å². The van der Waals surface area contributed by atoms with Gasteiger partial charge in [-0.1, -0.05) is 6.07 Å². The first-order chi connectivity index (χ1) is 15.5. The van der Waals surface area contributed by atoms with Crippen LogP contribution in [-0.4, -0.2) is 42.8 Å². The third kappa shape index (κ3) is 3.91. The number of aryl methyl sites for hydroxylation is 1. The lowest BCUT2D eigenvalue weighted by atomic mass is 9.85. The molecule has 0 saturated carbocycles. The molecule has 0 aliphatic carbocycles. The zero-order valence-electron chi connectivity index (χ0n) is 19.1. The number of benzene rings is 1. The lowest BCUT2D eigenvalue weighted by molar-refractivity contribution is 0.199. The van der Waals surface area contributed by atoms with Gasteiger partial charge >= 0.3 is 6.09 Å². The van der Waals surface area contributed by atoms with Crippen LogP contribution in [0.1, 0.15) is 44.0 Å². The summed E-state index contributed by atoms with van der Waals surface area (Å²) in [6, 6.07) is 8.56. The Morgan fingerprint density at radius 1 is 1.30 bits per heavy atom. The van der Waals surface area contributed by atoms with Crippen molar-refractivity contribution in [3.63, 3.8) is 0 Å². The summed E-state index contributed by atoms with van der Waals surface area (Å²) in [5.74, 6) is -0.402. The Morgan fingerprint density at radius 2 is 2.06 bits per heavy atom. The number of thiol groups is 1. The lowest BCUT2D eigenvalue weighted by Gasteiger charge is -2.51. The largest absolute Gasteiger partial charge is 0.465 e. The predicted molar refractivity (Wildman–Crippen MR) is 129 cm³/mol. The molecule has 2 aromatic rings. The molecule has 178 valence electrons. The van der Waals surface area contributed by atoms with Crippen LogP contribution < -0.4 is 15.4 Å². The molecule has 0 bridgehead atoms. The number of aliphatic imine (C=N–C) groups is 1. The van der Waals surface area contributed by atoms with Crippen LogP contribution in [0.4, 0.5) is 14.9 Å². The normalized spacial score (nSPS) is 26.1. The average molecular weight is 476 g/mol. The van der Waals surface area contributed by atoms with Crippen LogP contribution in [0.15, 0.2) is 41.5 Å². The van der Waals surface area contributed by atoms with E-state index < -0.39 is 37.6 Å². The number of pyridine rings is 1. The maximum Gasteiger partial charge on any atom is 0.410 e. The van der Waals surface area contributed by atoms with E-state index in [2.05, 4.69) is 20.3 Å². The maximum absolute atomic E-state index is 15.2. The highest BCUT2D eigenvalue weighted by Gasteiger charge is 2.59. The van der Waals surface area contributed by atoms with Gasteiger partial charge in [-0.05, 0) is 74.1 Å². The van der Waals surface area contributed by atoms with Crippen molar-refractivity contribution in [1.29, 1.82) is 0 Å². The van der Waals surface area contributed by atoms with Crippen LogP contribution in [0.5, 0.6) is 0 Å². The van der Waals surface area contributed by atoms with Gasteiger partial charge in [-0.3, -0.25) is 24.2 Å². The zero-order chi connectivity index (χ0) is 24.0. The van der Waals surface area contributed by atoms with Crippen LogP contribution in [0.25, 0.3) is 0 Å². The minimum atomic E-state index is -3.18. The van der Waals surface area contributed by atoms with Crippen molar-refractivity contribution in [3.05, 3.63) is 59.2 Å². The Labute approximate surface area is 193 Å². The Hall–Kier alpha value is -2.85. The van der Waals surface area contributed by atoms with E-state index in [0.29, 0.717) is 25.2 Å². The molecule has 10 heteroatoms. The van der Waals surface area contributed by atoms with Gasteiger partial charge in [0.2, 0.25) is 0 Å². The number of nitrogens with one attached hydrogen (secondary N) is 3. The third-order valence-corrected chi connectivity index (χ3v) is 11.0. The van der Waals surface area contributed by atoms with Crippen LogP contribution in [0.2, 0.25) is 0 Å². The summed E-state index contributed by atoms with van der Waals surface area (Å²) >= 11 is 0. The van der Waals surface area contributed by atoms with Crippen molar-refractivity contribution in [1.82, 2.24) is 15.0 Å². The number of carboxylic acid groups (broad SMARTS) is 1. The number of nitrogens with zero attached hydrogens (tertiary/aromatic N) is 2. The van der Waals surface area contributed by atoms with Gasteiger partial charge in [-0.25, -0.2) is 9.18 Å². The Morgan fingerprint density at radius 3 is 2.73 bits per heavy atom. The first-order valence-electron chi connectivity index (χ1n) is 10.9. The van der Waals surface area contributed by atoms with Gasteiger partial charge < -0.3 is 10.4 Å². The van der Waals surface area contributed by atoms with E-state index >= 15 is 4.39 Å². The number of hydrogen-bond donors (Lipinski definition) is 5. The van der Waals surface area contributed by atoms with Crippen molar-refractivity contribution in [2.45, 2.75) is 56.2 Å². The molecular formula is C23H30FN5O3S. The van der Waals surface area contributed by atoms with Crippen LogP contribution in [0, 0.1) is 12.7 Å². The second kappa shape index (κ2) is 8.18. The quantitative estimate of drug-likeness (QED) is 0.436. The molecule has 4 N–H and O–H groups in total. The molecule has 0 radical (unpaired) electrons. The fourth-order valence-electron chi connectivity index (χ4n) is 4.82. The summed E-state index contributed by atoms with van der Waals surface area (Å²) in [5, 5.41) is 14.5. The molecule has 1 fully saturated rings. The van der Waals surface area contributed by atoms with Crippen molar-refractivity contribution >= 4 is 27.7 Å². The smallest absolute Gasteiger partial charge is 0.410 e. The summed E-state index contributed by atoms with van der Waals surface area (Å²) in [6.45, 7) is 8.09. The minimum absolute atomic E-state index is 0.0769. The number of halogens is 1. The van der Waals surface area contributed by atoms with Crippen LogP contribution in [-0.2, 0) is 22.2 Å². The fraction of sp³-hybridized carbons (Fsp3) is 0.435. The lowest BCUT2D eigenvalue weighted by Crippen LogP contribution is -2.65. The van der Waals surface area contributed by atoms with Gasteiger partial charge in [-0.15, -0.1) is 0 Å². The van der Waals surface area contributed by atoms with Gasteiger partial charge in [0, 0.05) is 24.0 Å². The summed E-state index contributed by atoms with van der Waals surface area (Å²) in [6.07, 6.45) is 1.04. The second-order valence-corrected chi connectivity index (χ2v) is 12.7. The molecule has 4 rings (SSSR count). The number of anilines is 1. The molecule has 2 aliphatic heterocycles. The van der Waals surface area contributed by atoms with Crippen molar-refractivity contribution in [2.24, 2.45) is 4.99 Å². The molecular weight excluding hydrogens is 445 g/mol. The molecule has 1 aromatic heterocycles. The number of fused-ring (bicyclic) bond motifs is 1. The predicted octanol–water partition coefficient (Wildman–Crippen LogP) is 3.11. The highest BCUT2D eigenvalue weighted by atomic mass is 32.3. The SMILES string of the molecule is Cc1ccc(CNc2ccc(F)c([C@@]3(C)N=C(NC(=O)O)C(C)(C)[SH]4(=O)NCC[C@@H]34)c2)nc1. The molecule has 1 aromatic carbocycles. The van der Waals surface area contributed by atoms with E-state index in [1.54, 1.807) is 39.1 Å². The molecule has 8 nitrogen and oxygen atoms in total. The maximum atomic E-state index is 15.2. The number of amides is 1. The van der Waals surface area contributed by atoms with Gasteiger partial charge in [0.05, 0.1) is 22.2 Å². The summed E-state index contributed by atoms with van der Waals surface area (Å²) in [5.41, 5.74) is 1.64. The summed E-state index contributed by atoms with van der Waals surface area (Å²) in [7, 11) is -3.18. The molecule has 3 heterocycles. The topological polar surface area (TPSA) is 116 Å². The van der Waals surface area contributed by atoms with E-state index in [9.17, 15) is 14.1 Å². The Kier molecular flexibility index (Phi) is 5.78. The minimum Gasteiger partial charge on any atom is -0.465 e. The number of carbonyl (C=O) groups is 1. The molecule has 2 aliphatic rings. The molecule has 2 atom stereocenters. The molecule has 33 heavy (non-hydrogen) atoms. The first-order valence-corrected chi connectivity index (χ1v) is 12.7. The van der Waals surface area contributed by atoms with Crippen LogP contribution >= 0.6 is 0 Å². The highest BCUT2D eigenvalue weighted by Crippen LogP contribution is 2.49. The summed E-state index contributed by atoms with van der Waals surface area (Å²) in [4.78, 5) is 20.6. The first kappa shape index (κ1) is 23.3. The van der Waals surface area contributed by atoms with Gasteiger partial charge in [-0.2, -0.15) is 0 Å². The number of amidine groups is 1. The van der Waals surface area contributed by atoms with Crippen molar-refractivity contribution in [2.75, 3.05) is 11.9 Å². The standard InChI is InChI=1S/C23H30FN5O3S/c1-14-5-6-16(25-12-14)13-26-15-7-8-18(24)17(11-15)23(4)19-9-10-27-33(19,32)22(2,3)20(29-23)28-21(30)31/h5-8,11-12,19,26,33H,9-10,13H2,1-4H3,(H,27,32)(H,28,29)(H,30,31)/t19-,23+/m0/s1. The molecule has 0 spiro atoms. The average Bonchev–Trinajstić information content (AvgIpc) is 3.17. The van der Waals surface area contributed by atoms with E-state index in [0.717, 1.165) is 11.3 Å². The summed E-state index contributed by atoms with van der Waals surface area (Å²) < 4.78 is 31.5. The zero-order valence-corrected chi connectivity index (χ0v) is 20.0. The van der Waals surface area contributed by atoms with E-state index in [-0.39, 0.29) is 11.4 Å². The number of hydrogen-bond acceptors (Lipinski definition) is 5. The molecule has 1 amide bonds. The van der Waals surface area contributed by atoms with Gasteiger partial charge in [0.1, 0.15) is 17.2 Å². The second-order valence-electron chi connectivity index (χ2n) is 9.34. The van der Waals surface area contributed by atoms with Crippen molar-refractivity contribution in [3.8, 4) is 0 Å². The van der Waals surface area contributed by atoms with Gasteiger partial charge in [0.25, 0.3) is 0 Å². The van der Waals surface area contributed by atoms with E-state index in [1.807, 2.05) is 19.1 Å². The monoisotopic (exact) mass is 475 g/mol. The highest BCUT2D eigenvalue weighted by molar-refractivity contribution is 8.04. The third-order valence-electron chi connectivity index (χ3n) is 6.79. The van der Waals surface area contributed by atoms with E-state index in [4.69, 9.17) is 4.99 Å². The number of rotatable bonds is 4. The fourth-order valence-corrected chi connectivity index (χ4v) is 8.50. The van der Waals surface area contributed by atoms with Crippen molar-refractivity contribution < 1.29 is 18.5 Å². The Bertz CT molecular complexity index is 1170. The number of aromatic nitrogens is 1. The molecule has 0 unspecified atom stereocenters. The Balaban J connectivity index is 1.75.